The summed E-state index contributed by atoms with van der Waals surface area (Å²) in [5, 5.41) is 7.80. The summed E-state index contributed by atoms with van der Waals surface area (Å²) >= 11 is 0. The van der Waals surface area contributed by atoms with E-state index < -0.39 is 0 Å². The number of aromatic nitrogens is 3. The van der Waals surface area contributed by atoms with Crippen molar-refractivity contribution in [1.82, 2.24) is 20.1 Å². The van der Waals surface area contributed by atoms with Gasteiger partial charge in [-0.15, -0.1) is 24.8 Å². The van der Waals surface area contributed by atoms with Crippen molar-refractivity contribution < 1.29 is 4.79 Å². The number of carbonyl (C=O) groups excluding carboxylic acids is 1. The average molecular weight is 348 g/mol. The van der Waals surface area contributed by atoms with Crippen LogP contribution in [0.5, 0.6) is 0 Å². The van der Waals surface area contributed by atoms with Gasteiger partial charge < -0.3 is 10.6 Å². The lowest BCUT2D eigenvalue weighted by molar-refractivity contribution is 0.0740. The van der Waals surface area contributed by atoms with Crippen molar-refractivity contribution in [3.63, 3.8) is 0 Å². The Labute approximate surface area is 142 Å². The third-order valence-electron chi connectivity index (χ3n) is 3.41. The van der Waals surface area contributed by atoms with Gasteiger partial charge in [0.25, 0.3) is 5.91 Å². The van der Waals surface area contributed by atoms with Crippen LogP contribution in [0.15, 0.2) is 12.3 Å². The van der Waals surface area contributed by atoms with E-state index in [0.717, 1.165) is 11.1 Å². The highest BCUT2D eigenvalue weighted by atomic mass is 35.5. The third-order valence-corrected chi connectivity index (χ3v) is 3.41. The summed E-state index contributed by atoms with van der Waals surface area (Å²) < 4.78 is 0. The molecular formula is C14H23Cl2N5O. The molecule has 0 saturated heterocycles. The number of H-pyrrole nitrogens is 1. The minimum atomic E-state index is -0.104. The lowest BCUT2D eigenvalue weighted by Gasteiger charge is -2.29. The Morgan fingerprint density at radius 1 is 1.41 bits per heavy atom. The number of nitrogens with zero attached hydrogens (tertiary/aromatic N) is 3. The quantitative estimate of drug-likeness (QED) is 0.886. The maximum Gasteiger partial charge on any atom is 0.255 e. The lowest BCUT2D eigenvalue weighted by atomic mass is 9.93. The van der Waals surface area contributed by atoms with E-state index in [0.29, 0.717) is 24.3 Å². The molecule has 2 heterocycles. The van der Waals surface area contributed by atoms with Gasteiger partial charge in [-0.2, -0.15) is 5.10 Å². The fourth-order valence-electron chi connectivity index (χ4n) is 2.14. The molecule has 0 aliphatic rings. The highest BCUT2D eigenvalue weighted by Crippen LogP contribution is 2.18. The van der Waals surface area contributed by atoms with E-state index >= 15 is 0 Å². The van der Waals surface area contributed by atoms with Gasteiger partial charge in [-0.3, -0.25) is 9.89 Å². The van der Waals surface area contributed by atoms with Crippen LogP contribution in [-0.4, -0.2) is 46.1 Å². The number of nitrogens with one attached hydrogen (secondary N) is 1. The van der Waals surface area contributed by atoms with Crippen LogP contribution in [0.25, 0.3) is 11.0 Å². The zero-order valence-corrected chi connectivity index (χ0v) is 14.8. The van der Waals surface area contributed by atoms with Gasteiger partial charge >= 0.3 is 0 Å². The van der Waals surface area contributed by atoms with Crippen molar-refractivity contribution in [2.24, 2.45) is 11.1 Å². The Kier molecular flexibility index (Phi) is 7.28. The number of pyridine rings is 1. The molecule has 0 spiro atoms. The van der Waals surface area contributed by atoms with Crippen molar-refractivity contribution in [2.45, 2.75) is 20.8 Å². The first-order valence-electron chi connectivity index (χ1n) is 6.60. The molecular weight excluding hydrogens is 325 g/mol. The molecule has 6 nitrogen and oxygen atoms in total. The number of nitrogens with two attached hydrogens (primary N) is 1. The number of aromatic amines is 1. The normalized spacial score (nSPS) is 10.8. The highest BCUT2D eigenvalue weighted by molar-refractivity contribution is 5.97. The predicted molar refractivity (Wildman–Crippen MR) is 92.9 cm³/mol. The number of carbonyl (C=O) groups is 1. The smallest absolute Gasteiger partial charge is 0.255 e. The van der Waals surface area contributed by atoms with Gasteiger partial charge in [0.1, 0.15) is 0 Å². The molecule has 0 aliphatic carbocycles. The van der Waals surface area contributed by atoms with Crippen LogP contribution in [0.4, 0.5) is 0 Å². The first-order valence-corrected chi connectivity index (χ1v) is 6.60. The first-order chi connectivity index (χ1) is 9.34. The lowest BCUT2D eigenvalue weighted by Crippen LogP contribution is -2.39. The van der Waals surface area contributed by atoms with Gasteiger partial charge in [-0.05, 0) is 24.9 Å². The second-order valence-electron chi connectivity index (χ2n) is 5.97. The van der Waals surface area contributed by atoms with Gasteiger partial charge in [-0.25, -0.2) is 4.98 Å². The van der Waals surface area contributed by atoms with Crippen LogP contribution < -0.4 is 5.73 Å². The third kappa shape index (κ3) is 4.32. The average Bonchev–Trinajstić information content (AvgIpc) is 2.78. The van der Waals surface area contributed by atoms with Gasteiger partial charge in [0.15, 0.2) is 5.65 Å². The van der Waals surface area contributed by atoms with E-state index in [9.17, 15) is 4.79 Å². The second-order valence-corrected chi connectivity index (χ2v) is 5.97. The molecule has 0 aliphatic heterocycles. The van der Waals surface area contributed by atoms with Crippen molar-refractivity contribution >= 4 is 41.8 Å². The molecule has 1 amide bonds. The molecule has 0 saturated carbocycles. The van der Waals surface area contributed by atoms with Crippen LogP contribution in [0.1, 0.15) is 29.9 Å². The summed E-state index contributed by atoms with van der Waals surface area (Å²) in [5.41, 5.74) is 7.71. The number of fused-ring (bicyclic) bond motifs is 1. The molecule has 124 valence electrons. The van der Waals surface area contributed by atoms with Crippen LogP contribution in [0.3, 0.4) is 0 Å². The Morgan fingerprint density at radius 3 is 2.64 bits per heavy atom. The zero-order valence-electron chi connectivity index (χ0n) is 13.2. The molecule has 3 N–H and O–H groups in total. The number of aryl methyl sites for hydroxylation is 1. The molecule has 0 atom stereocenters. The summed E-state index contributed by atoms with van der Waals surface area (Å²) in [4.78, 5) is 18.3. The molecule has 22 heavy (non-hydrogen) atoms. The number of hydrogen-bond donors (Lipinski definition) is 2. The molecule has 0 unspecified atom stereocenters. The Morgan fingerprint density at radius 2 is 2.05 bits per heavy atom. The van der Waals surface area contributed by atoms with Gasteiger partial charge in [0, 0.05) is 30.9 Å². The highest BCUT2D eigenvalue weighted by Gasteiger charge is 2.22. The van der Waals surface area contributed by atoms with Crippen molar-refractivity contribution in [2.75, 3.05) is 20.1 Å². The minimum absolute atomic E-state index is 0. The van der Waals surface area contributed by atoms with Crippen molar-refractivity contribution in [3.8, 4) is 0 Å². The molecule has 0 fully saturated rings. The SMILES string of the molecule is Cc1[nH]nc2ncc(C(=O)N(C)CC(C)(C)CN)cc12.Cl.Cl. The second kappa shape index (κ2) is 7.76. The molecule has 2 aromatic rings. The van der Waals surface area contributed by atoms with Crippen LogP contribution in [-0.2, 0) is 0 Å². The van der Waals surface area contributed by atoms with Crippen LogP contribution in [0.2, 0.25) is 0 Å². The number of rotatable bonds is 4. The van der Waals surface area contributed by atoms with Crippen LogP contribution in [0, 0.1) is 12.3 Å². The maximum atomic E-state index is 12.4. The molecule has 2 rings (SSSR count). The van der Waals surface area contributed by atoms with Gasteiger partial charge in [0.05, 0.1) is 5.56 Å². The molecule has 0 aromatic carbocycles. The number of halogens is 2. The van der Waals surface area contributed by atoms with Crippen molar-refractivity contribution in [1.29, 1.82) is 0 Å². The molecule has 0 bridgehead atoms. The monoisotopic (exact) mass is 347 g/mol. The zero-order chi connectivity index (χ0) is 14.9. The Hall–Kier alpha value is -1.37. The van der Waals surface area contributed by atoms with Crippen molar-refractivity contribution in [3.05, 3.63) is 23.5 Å². The van der Waals surface area contributed by atoms with E-state index in [-0.39, 0.29) is 36.1 Å². The number of hydrogen-bond acceptors (Lipinski definition) is 4. The maximum absolute atomic E-state index is 12.4. The predicted octanol–water partition coefficient (Wildman–Crippen LogP) is 2.17. The number of amides is 1. The molecule has 8 heteroatoms. The van der Waals surface area contributed by atoms with Gasteiger partial charge in [-0.1, -0.05) is 13.8 Å². The fourth-order valence-corrected chi connectivity index (χ4v) is 2.14. The first kappa shape index (κ1) is 20.6. The standard InChI is InChI=1S/C14H21N5O.2ClH/c1-9-11-5-10(6-16-12(11)18-17-9)13(20)19(4)8-14(2,3)7-15;;/h5-6H,7-8,15H2,1-4H3,(H,16,17,18);2*1H. The van der Waals surface area contributed by atoms with Crippen LogP contribution >= 0.6 is 24.8 Å². The van der Waals surface area contributed by atoms with E-state index in [1.165, 1.54) is 0 Å². The van der Waals surface area contributed by atoms with E-state index in [1.807, 2.05) is 26.8 Å². The summed E-state index contributed by atoms with van der Waals surface area (Å²) in [5.74, 6) is -0.0541. The molecule has 2 aromatic heterocycles. The minimum Gasteiger partial charge on any atom is -0.341 e. The molecule has 0 radical (unpaired) electrons. The Balaban J connectivity index is 0.00000220. The van der Waals surface area contributed by atoms with Gasteiger partial charge in [0.2, 0.25) is 0 Å². The summed E-state index contributed by atoms with van der Waals surface area (Å²) in [6.45, 7) is 7.12. The van der Waals surface area contributed by atoms with E-state index in [1.54, 1.807) is 18.1 Å². The summed E-state index contributed by atoms with van der Waals surface area (Å²) in [6.07, 6.45) is 1.57. The van der Waals surface area contributed by atoms with E-state index in [2.05, 4.69) is 15.2 Å². The largest absolute Gasteiger partial charge is 0.341 e. The topological polar surface area (TPSA) is 87.9 Å². The fraction of sp³-hybridized carbons (Fsp3) is 0.500. The summed E-state index contributed by atoms with van der Waals surface area (Å²) in [7, 11) is 1.78. The summed E-state index contributed by atoms with van der Waals surface area (Å²) in [6, 6.07) is 1.83. The Bertz CT molecular complexity index is 641. The van der Waals surface area contributed by atoms with E-state index in [4.69, 9.17) is 5.73 Å².